The number of nitrogens with one attached hydrogen (secondary N) is 1. The fraction of sp³-hybridized carbons (Fsp3) is 0. The molecule has 0 aromatic heterocycles. The zero-order valence-electron chi connectivity index (χ0n) is 13.4. The maximum atomic E-state index is 8.40. The van der Waals surface area contributed by atoms with Gasteiger partial charge in [-0.2, -0.15) is 0 Å². The molecule has 0 atom stereocenters. The van der Waals surface area contributed by atoms with Crippen molar-refractivity contribution in [3.05, 3.63) is 84.9 Å². The van der Waals surface area contributed by atoms with Crippen molar-refractivity contribution < 1.29 is 9.05 Å². The summed E-state index contributed by atoms with van der Waals surface area (Å²) in [6.45, 7) is 0. The molecule has 4 aromatic rings. The molecule has 0 aliphatic carbocycles. The number of hydrogen-bond donors (Lipinski definition) is 2. The van der Waals surface area contributed by atoms with Gasteiger partial charge in [-0.25, -0.2) is 10.7 Å². The van der Waals surface area contributed by atoms with Crippen LogP contribution < -0.4 is 14.6 Å². The molecule has 4 rings (SSSR count). The SMILES string of the molecule is N=P(N)(Oc1cccc2ccccc12)Oc1cccc2ccccc12. The average Bonchev–Trinajstić information content (AvgIpc) is 2.62. The van der Waals surface area contributed by atoms with Gasteiger partial charge in [0.05, 0.1) is 0 Å². The first-order chi connectivity index (χ1) is 12.1. The van der Waals surface area contributed by atoms with Crippen molar-refractivity contribution in [3.8, 4) is 11.5 Å². The molecule has 124 valence electrons. The first-order valence-electron chi connectivity index (χ1n) is 7.90. The second kappa shape index (κ2) is 6.25. The summed E-state index contributed by atoms with van der Waals surface area (Å²) in [5, 5.41) is 12.3. The zero-order chi connectivity index (χ0) is 17.3. The molecule has 0 heterocycles. The van der Waals surface area contributed by atoms with Gasteiger partial charge < -0.3 is 9.05 Å². The van der Waals surface area contributed by atoms with Crippen LogP contribution >= 0.6 is 7.66 Å². The summed E-state index contributed by atoms with van der Waals surface area (Å²) in [5.41, 5.74) is 6.10. The van der Waals surface area contributed by atoms with Crippen molar-refractivity contribution in [1.82, 2.24) is 0 Å². The molecule has 0 spiro atoms. The summed E-state index contributed by atoms with van der Waals surface area (Å²) in [6, 6.07) is 27.1. The Morgan fingerprint density at radius 1 is 0.600 bits per heavy atom. The van der Waals surface area contributed by atoms with Crippen molar-refractivity contribution in [1.29, 1.82) is 5.16 Å². The van der Waals surface area contributed by atoms with E-state index in [4.69, 9.17) is 19.7 Å². The topological polar surface area (TPSA) is 68.3 Å². The highest BCUT2D eigenvalue weighted by atomic mass is 31.2. The summed E-state index contributed by atoms with van der Waals surface area (Å²) in [4.78, 5) is 0. The van der Waals surface area contributed by atoms with Gasteiger partial charge in [-0.05, 0) is 22.9 Å². The number of fused-ring (bicyclic) bond motifs is 2. The molecular formula is C20H17N2O2P. The van der Waals surface area contributed by atoms with Gasteiger partial charge in [0.25, 0.3) is 0 Å². The minimum atomic E-state index is -3.35. The first-order valence-corrected chi connectivity index (χ1v) is 9.59. The summed E-state index contributed by atoms with van der Waals surface area (Å²) < 4.78 is 11.6. The van der Waals surface area contributed by atoms with Crippen LogP contribution in [-0.2, 0) is 0 Å². The monoisotopic (exact) mass is 348 g/mol. The van der Waals surface area contributed by atoms with Crippen LogP contribution in [0.2, 0.25) is 0 Å². The summed E-state index contributed by atoms with van der Waals surface area (Å²) >= 11 is 0. The Labute approximate surface area is 145 Å². The second-order valence-electron chi connectivity index (χ2n) is 5.73. The summed E-state index contributed by atoms with van der Waals surface area (Å²) in [7, 11) is -3.35. The molecular weight excluding hydrogens is 331 g/mol. The van der Waals surface area contributed by atoms with Crippen LogP contribution in [0.1, 0.15) is 0 Å². The van der Waals surface area contributed by atoms with E-state index in [1.165, 1.54) is 0 Å². The maximum Gasteiger partial charge on any atom is 0.388 e. The Morgan fingerprint density at radius 3 is 1.48 bits per heavy atom. The maximum absolute atomic E-state index is 8.40. The minimum Gasteiger partial charge on any atom is -0.419 e. The largest absolute Gasteiger partial charge is 0.419 e. The molecule has 4 aromatic carbocycles. The quantitative estimate of drug-likeness (QED) is 0.449. The lowest BCUT2D eigenvalue weighted by Crippen LogP contribution is -2.09. The molecule has 0 unspecified atom stereocenters. The summed E-state index contributed by atoms with van der Waals surface area (Å²) in [6.07, 6.45) is 0. The number of rotatable bonds is 4. The number of nitrogens with two attached hydrogens (primary N) is 1. The van der Waals surface area contributed by atoms with E-state index in [2.05, 4.69) is 0 Å². The van der Waals surface area contributed by atoms with Gasteiger partial charge in [-0.15, -0.1) is 0 Å². The van der Waals surface area contributed by atoms with E-state index in [0.717, 1.165) is 21.5 Å². The van der Waals surface area contributed by atoms with Crippen molar-refractivity contribution in [2.75, 3.05) is 0 Å². The van der Waals surface area contributed by atoms with E-state index >= 15 is 0 Å². The van der Waals surface area contributed by atoms with Crippen LogP contribution in [-0.4, -0.2) is 0 Å². The molecule has 5 heteroatoms. The molecule has 0 aliphatic rings. The summed E-state index contributed by atoms with van der Waals surface area (Å²) in [5.74, 6) is 1.12. The smallest absolute Gasteiger partial charge is 0.388 e. The van der Waals surface area contributed by atoms with Crippen LogP contribution in [0.15, 0.2) is 84.9 Å². The molecule has 0 saturated carbocycles. The fourth-order valence-electron chi connectivity index (χ4n) is 2.86. The minimum absolute atomic E-state index is 0.559. The molecule has 0 aliphatic heterocycles. The van der Waals surface area contributed by atoms with Crippen LogP contribution in [0.25, 0.3) is 21.5 Å². The van der Waals surface area contributed by atoms with Crippen LogP contribution in [0, 0.1) is 5.16 Å². The van der Waals surface area contributed by atoms with Gasteiger partial charge in [0.15, 0.2) is 0 Å². The fourth-order valence-corrected chi connectivity index (χ4v) is 3.80. The molecule has 0 bridgehead atoms. The average molecular weight is 348 g/mol. The highest BCUT2D eigenvalue weighted by Gasteiger charge is 2.19. The predicted octanol–water partition coefficient (Wildman–Crippen LogP) is 5.93. The lowest BCUT2D eigenvalue weighted by Gasteiger charge is -2.20. The highest BCUT2D eigenvalue weighted by molar-refractivity contribution is 7.53. The van der Waals surface area contributed by atoms with Gasteiger partial charge in [0.2, 0.25) is 0 Å². The Balaban J connectivity index is 1.69. The molecule has 0 amide bonds. The second-order valence-corrected chi connectivity index (χ2v) is 7.29. The molecule has 3 N–H and O–H groups in total. The third-order valence-corrected chi connectivity index (χ3v) is 4.90. The van der Waals surface area contributed by atoms with E-state index in [1.807, 2.05) is 84.9 Å². The van der Waals surface area contributed by atoms with Gasteiger partial charge in [-0.3, -0.25) is 0 Å². The lowest BCUT2D eigenvalue weighted by molar-refractivity contribution is 0.477. The van der Waals surface area contributed by atoms with Gasteiger partial charge >= 0.3 is 7.66 Å². The third-order valence-electron chi connectivity index (χ3n) is 3.97. The normalized spacial score (nSPS) is 11.6. The van der Waals surface area contributed by atoms with E-state index in [-0.39, 0.29) is 0 Å². The molecule has 0 radical (unpaired) electrons. The third kappa shape index (κ3) is 3.22. The van der Waals surface area contributed by atoms with E-state index in [9.17, 15) is 0 Å². The molecule has 0 saturated heterocycles. The zero-order valence-corrected chi connectivity index (χ0v) is 14.3. The van der Waals surface area contributed by atoms with Crippen molar-refractivity contribution >= 4 is 29.2 Å². The molecule has 4 nitrogen and oxygen atoms in total. The van der Waals surface area contributed by atoms with E-state index in [1.54, 1.807) is 0 Å². The lowest BCUT2D eigenvalue weighted by atomic mass is 10.1. The van der Waals surface area contributed by atoms with Crippen LogP contribution in [0.3, 0.4) is 0 Å². The number of hydrogen-bond acceptors (Lipinski definition) is 3. The van der Waals surface area contributed by atoms with Gasteiger partial charge in [0, 0.05) is 10.8 Å². The van der Waals surface area contributed by atoms with Crippen LogP contribution in [0.5, 0.6) is 11.5 Å². The molecule has 25 heavy (non-hydrogen) atoms. The van der Waals surface area contributed by atoms with E-state index in [0.29, 0.717) is 11.5 Å². The Bertz CT molecular complexity index is 1020. The van der Waals surface area contributed by atoms with Crippen LogP contribution in [0.4, 0.5) is 0 Å². The first kappa shape index (κ1) is 15.7. The van der Waals surface area contributed by atoms with E-state index < -0.39 is 7.66 Å². The van der Waals surface area contributed by atoms with Gasteiger partial charge in [-0.1, -0.05) is 72.8 Å². The van der Waals surface area contributed by atoms with Crippen molar-refractivity contribution in [2.45, 2.75) is 0 Å². The molecule has 0 fully saturated rings. The Kier molecular flexibility index (Phi) is 3.92. The Morgan fingerprint density at radius 2 is 1.00 bits per heavy atom. The number of benzene rings is 4. The predicted molar refractivity (Wildman–Crippen MR) is 103 cm³/mol. The Hall–Kier alpha value is -2.81. The van der Waals surface area contributed by atoms with Gasteiger partial charge in [0.1, 0.15) is 11.5 Å². The highest BCUT2D eigenvalue weighted by Crippen LogP contribution is 2.45. The van der Waals surface area contributed by atoms with Crippen molar-refractivity contribution in [2.24, 2.45) is 5.50 Å². The van der Waals surface area contributed by atoms with Crippen molar-refractivity contribution in [3.63, 3.8) is 0 Å². The standard InChI is InChI=1S/C20H17N2O2P/c21-25(22,23-19-13-5-9-15-7-1-3-11-17(15)19)24-20-14-6-10-16-8-2-4-12-18(16)20/h1-14H,(H3,21,22).